The summed E-state index contributed by atoms with van der Waals surface area (Å²) < 4.78 is 9.74. The van der Waals surface area contributed by atoms with E-state index in [2.05, 4.69) is 191 Å². The summed E-state index contributed by atoms with van der Waals surface area (Å²) in [6.07, 6.45) is 20.6. The first-order valence-electron chi connectivity index (χ1n) is 41.1. The van der Waals surface area contributed by atoms with E-state index in [4.69, 9.17) is 55.3 Å². The molecule has 0 unspecified atom stereocenters. The van der Waals surface area contributed by atoms with Crippen molar-refractivity contribution < 1.29 is 337 Å². The summed E-state index contributed by atoms with van der Waals surface area (Å²) in [5.74, 6) is 0. The SMILES string of the molecule is [CH2-]CCN1CCN(CCCN)CC1.[CH2-]CCNC(C)(C)CC(C)(C)CC(C)(C)C.[CH2-]CCNCCCCN.[CH2-]CCNCCCCNCCCN.[CH2-]CCNCCCNCCCN.[CH2-]CCNCCN.[CH2-]CCNCCNCCCN.[CH2-]CCNCCNCCN.[CH2-]COCCN.[CH2-]COCCN(C)C.[Y].[Y].[Y].[Y].[Y].[Y].[Y].[Y].[Y].[Y]. The molecule has 115 heavy (non-hydrogen) atoms. The minimum absolute atomic E-state index is 0. The van der Waals surface area contributed by atoms with Gasteiger partial charge in [0.15, 0.2) is 0 Å². The van der Waals surface area contributed by atoms with Crippen molar-refractivity contribution in [1.29, 1.82) is 0 Å². The van der Waals surface area contributed by atoms with Gasteiger partial charge in [0.2, 0.25) is 0 Å². The van der Waals surface area contributed by atoms with E-state index in [0.29, 0.717) is 37.2 Å². The van der Waals surface area contributed by atoms with Crippen molar-refractivity contribution in [3.05, 3.63) is 69.2 Å². The van der Waals surface area contributed by atoms with Crippen LogP contribution >= 0.6 is 0 Å². The number of piperazine rings is 1. The molecule has 1 fully saturated rings. The topological polar surface area (TPSA) is 369 Å². The van der Waals surface area contributed by atoms with E-state index in [-0.39, 0.29) is 333 Å². The molecule has 0 aliphatic carbocycles. The third-order valence-electron chi connectivity index (χ3n) is 14.4. The fraction of sp³-hybridized carbons (Fsp3) is 0.877. The number of hydrogen-bond acceptors (Lipinski definition) is 24. The predicted octanol–water partition coefficient (Wildman–Crippen LogP) is 4.81. The molecular weight excluding hydrogens is 2200 g/mol. The van der Waals surface area contributed by atoms with E-state index in [1.807, 2.05) is 14.1 Å². The molecule has 0 atom stereocenters. The second-order valence-corrected chi connectivity index (χ2v) is 28.4. The number of unbranched alkanes of at least 4 members (excludes halogenated alkanes) is 2. The van der Waals surface area contributed by atoms with Gasteiger partial charge in [-0.3, -0.25) is 0 Å². The zero-order valence-electron chi connectivity index (χ0n) is 77.3. The molecule has 10 radical (unpaired) electrons. The van der Waals surface area contributed by atoms with Crippen molar-refractivity contribution in [3.63, 3.8) is 0 Å². The zero-order chi connectivity index (χ0) is 81.1. The third kappa shape index (κ3) is 200. The number of likely N-dealkylation sites (N-methyl/N-ethyl adjacent to an activating group) is 1. The summed E-state index contributed by atoms with van der Waals surface area (Å²) in [7, 11) is 4.04. The first-order chi connectivity index (χ1) is 50.5. The zero-order valence-corrected chi connectivity index (χ0v) is 106. The van der Waals surface area contributed by atoms with Gasteiger partial charge in [0.05, 0.1) is 13.2 Å². The maximum Gasteiger partial charge on any atom is 0.0557 e. The summed E-state index contributed by atoms with van der Waals surface area (Å²) in [5, 5.41) is 36.2. The molecule has 34 heteroatoms. The van der Waals surface area contributed by atoms with E-state index in [0.717, 1.165) is 286 Å². The van der Waals surface area contributed by atoms with Gasteiger partial charge in [-0.05, 0) is 253 Å². The van der Waals surface area contributed by atoms with Crippen LogP contribution in [0.25, 0.3) is 0 Å². The standard InChI is InChI=1S/C15H32N.C10H22N3.C10H24N3.C9H22N3.C8H20N3.C7H18N3.C7H17N2.C6H14NO.C5H13N2.C4H10NO.10Y/c1-9-10-16-15(7,8)12-14(5,6)11-13(2,3)4;1-2-5-12-7-9-13(10-8-12)6-3-4-11;1-2-7-12-8-3-4-9-13-10-5-6-11;1-2-6-11-8-4-9-12-7-3-5-10;1-2-5-10-7-8-11-6-3-4-9;1-2-4-9-6-7-10-5-3-8;1-2-6-9-7-4-3-5-8;1-4-8-6-5-7(2)3;1-2-4-7-5-3-6;1-2-6-4-3-5;;;;;;;;;;/h16H,1,9-12H2,2-8H3;1-11H2;12-13H,1-11H2;11-12H,1-10H2;10-11H,1-9H2;9-10H,1-8H2;9H,1-8H2;1,4-6H2,2-3H3;7H,1-6H2;1-5H2;;;;;;;;;;/q10*-1;;;;;;;;;;. The molecule has 0 aromatic carbocycles. The normalized spacial score (nSPS) is 11.1. The number of ether oxygens (including phenoxy) is 2. The minimum Gasteiger partial charge on any atom is -0.412 e. The van der Waals surface area contributed by atoms with Crippen LogP contribution in [0.4, 0.5) is 0 Å². The van der Waals surface area contributed by atoms with Gasteiger partial charge in [0.1, 0.15) is 0 Å². The summed E-state index contributed by atoms with van der Waals surface area (Å²) in [5.41, 5.74) is 43.4. The van der Waals surface area contributed by atoms with Crippen LogP contribution in [0.15, 0.2) is 0 Å². The maximum atomic E-state index is 5.48. The van der Waals surface area contributed by atoms with E-state index >= 15 is 0 Å². The molecule has 0 aromatic heterocycles. The average Bonchev–Trinajstić information content (AvgIpc) is 0.849. The predicted molar refractivity (Wildman–Crippen MR) is 471 cm³/mol. The van der Waals surface area contributed by atoms with Crippen molar-refractivity contribution in [1.82, 2.24) is 73.2 Å². The molecule has 1 aliphatic heterocycles. The first-order valence-corrected chi connectivity index (χ1v) is 41.1. The Labute approximate surface area is 971 Å². The summed E-state index contributed by atoms with van der Waals surface area (Å²) in [6.45, 7) is 91.7. The Kier molecular flexibility index (Phi) is 235. The largest absolute Gasteiger partial charge is 0.412 e. The maximum absolute atomic E-state index is 5.48. The summed E-state index contributed by atoms with van der Waals surface area (Å²) in [4.78, 5) is 7.08. The molecule has 0 saturated carbocycles. The van der Waals surface area contributed by atoms with Crippen LogP contribution in [-0.4, -0.2) is 296 Å². The van der Waals surface area contributed by atoms with Crippen molar-refractivity contribution in [3.8, 4) is 0 Å². The molecule has 0 aromatic rings. The van der Waals surface area contributed by atoms with Crippen LogP contribution < -0.4 is 104 Å². The number of nitrogens with zero attached hydrogens (tertiary/aromatic N) is 3. The van der Waals surface area contributed by atoms with Gasteiger partial charge >= 0.3 is 0 Å². The molecule has 24 nitrogen and oxygen atoms in total. The van der Waals surface area contributed by atoms with Crippen LogP contribution in [0.2, 0.25) is 0 Å². The second kappa shape index (κ2) is 158. The quantitative estimate of drug-likeness (QED) is 0.0287. The molecular formula is C81H192N22O2Y10-10. The van der Waals surface area contributed by atoms with Gasteiger partial charge < -0.3 is 198 Å². The van der Waals surface area contributed by atoms with Crippen LogP contribution in [0, 0.1) is 80.1 Å². The van der Waals surface area contributed by atoms with E-state index in [9.17, 15) is 0 Å². The van der Waals surface area contributed by atoms with Gasteiger partial charge in [-0.1, -0.05) is 47.8 Å². The Bertz CT molecular complexity index is 1380. The van der Waals surface area contributed by atoms with Crippen LogP contribution in [0.3, 0.4) is 0 Å². The molecule has 0 amide bonds. The van der Waals surface area contributed by atoms with E-state index in [1.165, 1.54) is 71.2 Å². The second-order valence-electron chi connectivity index (χ2n) is 28.4. The molecule has 678 valence electrons. The van der Waals surface area contributed by atoms with Crippen molar-refractivity contribution in [2.45, 2.75) is 176 Å². The number of nitrogens with one attached hydrogen (secondary N) is 11. The molecule has 1 heterocycles. The Morgan fingerprint density at radius 1 is 0.287 bits per heavy atom. The fourth-order valence-electron chi connectivity index (χ4n) is 9.96. The number of hydrogen-bond donors (Lipinski definition) is 19. The van der Waals surface area contributed by atoms with Gasteiger partial charge in [0.25, 0.3) is 0 Å². The minimum atomic E-state index is 0. The molecule has 0 spiro atoms. The van der Waals surface area contributed by atoms with Crippen LogP contribution in [0.1, 0.15) is 170 Å². The fourth-order valence-corrected chi connectivity index (χ4v) is 9.96. The molecule has 1 rings (SSSR count). The summed E-state index contributed by atoms with van der Waals surface area (Å²) >= 11 is 0. The van der Waals surface area contributed by atoms with E-state index in [1.54, 1.807) is 0 Å². The van der Waals surface area contributed by atoms with Gasteiger partial charge in [-0.25, -0.2) is 0 Å². The molecule has 1 saturated heterocycles. The Morgan fingerprint density at radius 3 is 0.852 bits per heavy atom. The van der Waals surface area contributed by atoms with Crippen molar-refractivity contribution >= 4 is 0 Å². The number of nitrogens with two attached hydrogens (primary N) is 8. The average molecular weight is 2400 g/mol. The van der Waals surface area contributed by atoms with Gasteiger partial charge in [0, 0.05) is 424 Å². The van der Waals surface area contributed by atoms with Gasteiger partial charge in [-0.15, -0.1) is 0 Å². The van der Waals surface area contributed by atoms with Crippen molar-refractivity contribution in [2.75, 3.05) is 276 Å². The van der Waals surface area contributed by atoms with E-state index < -0.39 is 0 Å². The third-order valence-corrected chi connectivity index (χ3v) is 14.4. The molecule has 27 N–H and O–H groups in total. The smallest absolute Gasteiger partial charge is 0.0557 e. The first kappa shape index (κ1) is 171. The Hall–Kier alpha value is 10.1. The Balaban J connectivity index is -0.0000000524. The molecule has 1 aliphatic rings. The van der Waals surface area contributed by atoms with Crippen molar-refractivity contribution in [2.24, 2.45) is 56.7 Å². The van der Waals surface area contributed by atoms with Crippen LogP contribution in [-0.2, 0) is 337 Å². The Morgan fingerprint density at radius 2 is 0.565 bits per heavy atom. The number of rotatable bonds is 62. The molecule has 0 bridgehead atoms. The van der Waals surface area contributed by atoms with Crippen LogP contribution in [0.5, 0.6) is 0 Å². The summed E-state index contributed by atoms with van der Waals surface area (Å²) in [6, 6.07) is 0. The van der Waals surface area contributed by atoms with Gasteiger partial charge in [-0.2, -0.15) is 51.4 Å². The monoisotopic (exact) mass is 2390 g/mol.